The van der Waals surface area contributed by atoms with Crippen molar-refractivity contribution in [3.8, 4) is 0 Å². The molecule has 2 unspecified atom stereocenters. The van der Waals surface area contributed by atoms with Crippen LogP contribution in [0.4, 0.5) is 5.69 Å². The monoisotopic (exact) mass is 297 g/mol. The zero-order valence-electron chi connectivity index (χ0n) is 11.6. The van der Waals surface area contributed by atoms with Crippen LogP contribution in [0.5, 0.6) is 0 Å². The SMILES string of the molecule is CC(N)C1CCCCN1Cc1ccc([N+](=O)[O-])c(Cl)c1. The van der Waals surface area contributed by atoms with E-state index in [1.165, 1.54) is 18.9 Å². The molecule has 6 heteroatoms. The van der Waals surface area contributed by atoms with Gasteiger partial charge in [0.1, 0.15) is 5.02 Å². The summed E-state index contributed by atoms with van der Waals surface area (Å²) in [6, 6.07) is 5.44. The Hall–Kier alpha value is -1.17. The topological polar surface area (TPSA) is 72.4 Å². The van der Waals surface area contributed by atoms with Gasteiger partial charge in [-0.2, -0.15) is 0 Å². The summed E-state index contributed by atoms with van der Waals surface area (Å²) in [7, 11) is 0. The number of nitrogens with two attached hydrogens (primary N) is 1. The second kappa shape index (κ2) is 6.52. The Bertz CT molecular complexity index is 493. The minimum atomic E-state index is -0.461. The maximum Gasteiger partial charge on any atom is 0.287 e. The van der Waals surface area contributed by atoms with Gasteiger partial charge in [-0.1, -0.05) is 24.1 Å². The molecular weight excluding hydrogens is 278 g/mol. The van der Waals surface area contributed by atoms with Gasteiger partial charge in [-0.3, -0.25) is 15.0 Å². The first-order valence-corrected chi connectivity index (χ1v) is 7.29. The summed E-state index contributed by atoms with van der Waals surface area (Å²) in [5.74, 6) is 0. The largest absolute Gasteiger partial charge is 0.327 e. The smallest absolute Gasteiger partial charge is 0.287 e. The van der Waals surface area contributed by atoms with Crippen molar-refractivity contribution in [1.82, 2.24) is 4.90 Å². The molecule has 0 saturated carbocycles. The lowest BCUT2D eigenvalue weighted by Crippen LogP contribution is -2.48. The summed E-state index contributed by atoms with van der Waals surface area (Å²) in [5, 5.41) is 11.0. The highest BCUT2D eigenvalue weighted by molar-refractivity contribution is 6.32. The minimum absolute atomic E-state index is 0.0437. The second-order valence-electron chi connectivity index (χ2n) is 5.44. The van der Waals surface area contributed by atoms with E-state index in [2.05, 4.69) is 4.90 Å². The molecule has 0 spiro atoms. The van der Waals surface area contributed by atoms with Crippen LogP contribution in [0.25, 0.3) is 0 Å². The van der Waals surface area contributed by atoms with Crippen molar-refractivity contribution in [2.75, 3.05) is 6.54 Å². The third-order valence-corrected chi connectivity index (χ3v) is 4.17. The standard InChI is InChI=1S/C14H20ClN3O2/c1-10(16)13-4-2-3-7-17(13)9-11-5-6-14(18(19)20)12(15)8-11/h5-6,8,10,13H,2-4,7,9,16H2,1H3. The number of nitro groups is 1. The van der Waals surface area contributed by atoms with E-state index in [1.807, 2.05) is 6.92 Å². The van der Waals surface area contributed by atoms with E-state index < -0.39 is 4.92 Å². The zero-order chi connectivity index (χ0) is 14.7. The lowest BCUT2D eigenvalue weighted by Gasteiger charge is -2.38. The van der Waals surface area contributed by atoms with Gasteiger partial charge in [-0.05, 0) is 37.9 Å². The summed E-state index contributed by atoms with van der Waals surface area (Å²) in [4.78, 5) is 12.7. The molecule has 0 aromatic heterocycles. The highest BCUT2D eigenvalue weighted by Crippen LogP contribution is 2.27. The number of piperidine rings is 1. The number of halogens is 1. The Morgan fingerprint density at radius 1 is 1.55 bits per heavy atom. The van der Waals surface area contributed by atoms with Crippen molar-refractivity contribution in [2.24, 2.45) is 5.73 Å². The molecule has 0 radical (unpaired) electrons. The lowest BCUT2D eigenvalue weighted by molar-refractivity contribution is -0.384. The molecule has 2 rings (SSSR count). The second-order valence-corrected chi connectivity index (χ2v) is 5.84. The van der Waals surface area contributed by atoms with Gasteiger partial charge in [0.05, 0.1) is 4.92 Å². The van der Waals surface area contributed by atoms with Crippen molar-refractivity contribution < 1.29 is 4.92 Å². The van der Waals surface area contributed by atoms with Gasteiger partial charge in [0.15, 0.2) is 0 Å². The van der Waals surface area contributed by atoms with Crippen molar-refractivity contribution in [1.29, 1.82) is 0 Å². The van der Waals surface area contributed by atoms with Crippen LogP contribution in [0.15, 0.2) is 18.2 Å². The number of nitrogens with zero attached hydrogens (tertiary/aromatic N) is 2. The molecule has 1 saturated heterocycles. The molecule has 0 bridgehead atoms. The summed E-state index contributed by atoms with van der Waals surface area (Å²) in [5.41, 5.74) is 7.00. The number of hydrogen-bond donors (Lipinski definition) is 1. The van der Waals surface area contributed by atoms with Crippen LogP contribution in [0, 0.1) is 10.1 Å². The molecule has 5 nitrogen and oxygen atoms in total. The fourth-order valence-corrected chi connectivity index (χ4v) is 3.11. The molecule has 2 atom stereocenters. The number of hydrogen-bond acceptors (Lipinski definition) is 4. The van der Waals surface area contributed by atoms with Gasteiger partial charge in [0, 0.05) is 24.7 Å². The van der Waals surface area contributed by atoms with Gasteiger partial charge >= 0.3 is 0 Å². The molecule has 20 heavy (non-hydrogen) atoms. The molecule has 0 amide bonds. The fraction of sp³-hybridized carbons (Fsp3) is 0.571. The van der Waals surface area contributed by atoms with Crippen LogP contribution in [0.2, 0.25) is 5.02 Å². The number of rotatable bonds is 4. The normalized spacial score (nSPS) is 21.6. The number of likely N-dealkylation sites (tertiary alicyclic amines) is 1. The van der Waals surface area contributed by atoms with Crippen molar-refractivity contribution in [3.05, 3.63) is 38.9 Å². The zero-order valence-corrected chi connectivity index (χ0v) is 12.3. The van der Waals surface area contributed by atoms with Crippen LogP contribution in [0.1, 0.15) is 31.7 Å². The molecule has 0 aliphatic carbocycles. The summed E-state index contributed by atoms with van der Waals surface area (Å²) in [6.45, 7) is 3.79. The molecule has 1 aliphatic heterocycles. The Kier molecular flexibility index (Phi) is 4.96. The van der Waals surface area contributed by atoms with E-state index in [1.54, 1.807) is 12.1 Å². The van der Waals surface area contributed by atoms with E-state index >= 15 is 0 Å². The number of nitro benzene ring substituents is 1. The predicted molar refractivity (Wildman–Crippen MR) is 79.8 cm³/mol. The summed E-state index contributed by atoms with van der Waals surface area (Å²) >= 11 is 5.96. The Balaban J connectivity index is 2.12. The van der Waals surface area contributed by atoms with Gasteiger partial charge < -0.3 is 5.73 Å². The average Bonchev–Trinajstić information content (AvgIpc) is 2.38. The Morgan fingerprint density at radius 2 is 2.30 bits per heavy atom. The van der Waals surface area contributed by atoms with Crippen molar-refractivity contribution >= 4 is 17.3 Å². The molecule has 1 aliphatic rings. The Labute approximate surface area is 123 Å². The van der Waals surface area contributed by atoms with Crippen molar-refractivity contribution in [2.45, 2.75) is 44.8 Å². The third kappa shape index (κ3) is 3.48. The van der Waals surface area contributed by atoms with Gasteiger partial charge in [-0.15, -0.1) is 0 Å². The van der Waals surface area contributed by atoms with Crippen LogP contribution in [-0.2, 0) is 6.54 Å². The van der Waals surface area contributed by atoms with Crippen LogP contribution >= 0.6 is 11.6 Å². The van der Waals surface area contributed by atoms with Gasteiger partial charge in [0.2, 0.25) is 0 Å². The molecular formula is C14H20ClN3O2. The maximum atomic E-state index is 10.8. The van der Waals surface area contributed by atoms with Crippen LogP contribution < -0.4 is 5.73 Å². The first-order chi connectivity index (χ1) is 9.49. The molecule has 1 heterocycles. The third-order valence-electron chi connectivity index (χ3n) is 3.87. The summed E-state index contributed by atoms with van der Waals surface area (Å²) < 4.78 is 0. The first-order valence-electron chi connectivity index (χ1n) is 6.91. The van der Waals surface area contributed by atoms with Crippen LogP contribution in [-0.4, -0.2) is 28.5 Å². The highest BCUT2D eigenvalue weighted by Gasteiger charge is 2.25. The van der Waals surface area contributed by atoms with Crippen molar-refractivity contribution in [3.63, 3.8) is 0 Å². The molecule has 1 aromatic carbocycles. The number of benzene rings is 1. The average molecular weight is 298 g/mol. The van der Waals surface area contributed by atoms with E-state index in [4.69, 9.17) is 17.3 Å². The van der Waals surface area contributed by atoms with Gasteiger partial charge in [-0.25, -0.2) is 0 Å². The van der Waals surface area contributed by atoms with E-state index in [0.717, 1.165) is 25.1 Å². The molecule has 110 valence electrons. The highest BCUT2D eigenvalue weighted by atomic mass is 35.5. The molecule has 1 fully saturated rings. The first kappa shape index (κ1) is 15.2. The minimum Gasteiger partial charge on any atom is -0.327 e. The van der Waals surface area contributed by atoms with E-state index in [9.17, 15) is 10.1 Å². The molecule has 1 aromatic rings. The summed E-state index contributed by atoms with van der Waals surface area (Å²) in [6.07, 6.45) is 3.49. The fourth-order valence-electron chi connectivity index (χ4n) is 2.84. The van der Waals surface area contributed by atoms with Crippen LogP contribution in [0.3, 0.4) is 0 Å². The lowest BCUT2D eigenvalue weighted by atomic mass is 9.96. The van der Waals surface area contributed by atoms with E-state index in [0.29, 0.717) is 6.04 Å². The van der Waals surface area contributed by atoms with E-state index in [-0.39, 0.29) is 16.8 Å². The Morgan fingerprint density at radius 3 is 2.90 bits per heavy atom. The van der Waals surface area contributed by atoms with Gasteiger partial charge in [0.25, 0.3) is 5.69 Å². The quantitative estimate of drug-likeness (QED) is 0.685. The molecule has 2 N–H and O–H groups in total. The maximum absolute atomic E-state index is 10.8. The predicted octanol–water partition coefficient (Wildman–Crippen LogP) is 2.95.